The van der Waals surface area contributed by atoms with E-state index < -0.39 is 17.7 Å². The average Bonchev–Trinajstić information content (AvgIpc) is 3.08. The van der Waals surface area contributed by atoms with E-state index in [1.54, 1.807) is 24.3 Å². The minimum atomic E-state index is -0.768. The molecule has 1 heterocycles. The predicted molar refractivity (Wildman–Crippen MR) is 147 cm³/mol. The van der Waals surface area contributed by atoms with E-state index in [1.165, 1.54) is 4.90 Å². The second-order valence-corrected chi connectivity index (χ2v) is 11.8. The van der Waals surface area contributed by atoms with Gasteiger partial charge < -0.3 is 5.11 Å². The van der Waals surface area contributed by atoms with Crippen molar-refractivity contribution in [1.29, 1.82) is 0 Å². The molecule has 5 heteroatoms. The van der Waals surface area contributed by atoms with Crippen molar-refractivity contribution in [3.63, 3.8) is 0 Å². The number of hydrogen-bond acceptors (Lipinski definition) is 3. The molecule has 0 bridgehead atoms. The molecule has 36 heavy (non-hydrogen) atoms. The van der Waals surface area contributed by atoms with Crippen LogP contribution in [0.25, 0.3) is 5.76 Å². The summed E-state index contributed by atoms with van der Waals surface area (Å²) in [4.78, 5) is 28.3. The molecule has 1 N–H and O–H groups in total. The van der Waals surface area contributed by atoms with Crippen molar-refractivity contribution >= 4 is 34.7 Å². The SMILES string of the molecule is CC(C)(C)c1ccc(C2/C(=C(/O)c3ccc(Cl)cc3)C(=O)C(=O)N2c2ccc(C(C)(C)C)cc2)cc1. The topological polar surface area (TPSA) is 57.6 Å². The fourth-order valence-corrected chi connectivity index (χ4v) is 4.59. The molecule has 0 spiro atoms. The third-order valence-electron chi connectivity index (χ3n) is 6.67. The van der Waals surface area contributed by atoms with Crippen LogP contribution < -0.4 is 4.90 Å². The number of amides is 1. The Hall–Kier alpha value is -3.37. The van der Waals surface area contributed by atoms with Gasteiger partial charge in [-0.3, -0.25) is 14.5 Å². The zero-order chi connectivity index (χ0) is 26.4. The van der Waals surface area contributed by atoms with Gasteiger partial charge in [0.25, 0.3) is 11.7 Å². The third kappa shape index (κ3) is 4.83. The molecule has 3 aromatic rings. The van der Waals surface area contributed by atoms with Crippen LogP contribution >= 0.6 is 11.6 Å². The van der Waals surface area contributed by atoms with Crippen LogP contribution in [0.3, 0.4) is 0 Å². The van der Waals surface area contributed by atoms with Gasteiger partial charge in [-0.2, -0.15) is 0 Å². The zero-order valence-electron chi connectivity index (χ0n) is 21.6. The molecular formula is C31H32ClNO3. The Kier molecular flexibility index (Phi) is 6.61. The summed E-state index contributed by atoms with van der Waals surface area (Å²) >= 11 is 6.02. The first-order valence-corrected chi connectivity index (χ1v) is 12.4. The molecule has 0 aromatic heterocycles. The quantitative estimate of drug-likeness (QED) is 0.229. The van der Waals surface area contributed by atoms with Crippen LogP contribution in [0.1, 0.15) is 69.8 Å². The molecule has 3 aromatic carbocycles. The maximum atomic E-state index is 13.4. The summed E-state index contributed by atoms with van der Waals surface area (Å²) in [6.07, 6.45) is 0. The largest absolute Gasteiger partial charge is 0.507 e. The first-order chi connectivity index (χ1) is 16.8. The lowest BCUT2D eigenvalue weighted by atomic mass is 9.85. The lowest BCUT2D eigenvalue weighted by Crippen LogP contribution is -2.29. The summed E-state index contributed by atoms with van der Waals surface area (Å²) < 4.78 is 0. The number of benzene rings is 3. The van der Waals surface area contributed by atoms with Crippen LogP contribution in [-0.2, 0) is 20.4 Å². The van der Waals surface area contributed by atoms with Crippen molar-refractivity contribution in [1.82, 2.24) is 0 Å². The van der Waals surface area contributed by atoms with Gasteiger partial charge in [0.05, 0.1) is 11.6 Å². The Morgan fingerprint density at radius 2 is 1.22 bits per heavy atom. The molecule has 1 atom stereocenters. The highest BCUT2D eigenvalue weighted by atomic mass is 35.5. The van der Waals surface area contributed by atoms with Crippen molar-refractivity contribution in [2.75, 3.05) is 4.90 Å². The standard InChI is InChI=1S/C31H32ClNO3/c1-30(2,3)21-11-7-19(8-12-21)26-25(27(34)20-9-15-23(32)16-10-20)28(35)29(36)33(26)24-17-13-22(14-18-24)31(4,5)6/h7-18,26,34H,1-6H3/b27-25-. The van der Waals surface area contributed by atoms with E-state index in [0.29, 0.717) is 16.3 Å². The molecule has 1 unspecified atom stereocenters. The molecule has 0 saturated carbocycles. The van der Waals surface area contributed by atoms with Gasteiger partial charge in [0.15, 0.2) is 0 Å². The van der Waals surface area contributed by atoms with E-state index in [4.69, 9.17) is 11.6 Å². The molecule has 0 radical (unpaired) electrons. The third-order valence-corrected chi connectivity index (χ3v) is 6.92. The Balaban J connectivity index is 1.90. The number of carbonyl (C=O) groups is 2. The minimum Gasteiger partial charge on any atom is -0.507 e. The van der Waals surface area contributed by atoms with Gasteiger partial charge in [-0.1, -0.05) is 89.5 Å². The monoisotopic (exact) mass is 501 g/mol. The maximum absolute atomic E-state index is 13.4. The number of rotatable bonds is 3. The highest BCUT2D eigenvalue weighted by molar-refractivity contribution is 6.51. The number of aliphatic hydroxyl groups is 1. The Labute approximate surface area is 218 Å². The van der Waals surface area contributed by atoms with Crippen molar-refractivity contribution in [3.05, 3.63) is 106 Å². The van der Waals surface area contributed by atoms with Gasteiger partial charge >= 0.3 is 0 Å². The first-order valence-electron chi connectivity index (χ1n) is 12.1. The fourth-order valence-electron chi connectivity index (χ4n) is 4.46. The predicted octanol–water partition coefficient (Wildman–Crippen LogP) is 7.56. The molecule has 4 rings (SSSR count). The highest BCUT2D eigenvalue weighted by Gasteiger charge is 2.47. The van der Waals surface area contributed by atoms with Crippen molar-refractivity contribution in [2.45, 2.75) is 58.4 Å². The number of hydrogen-bond donors (Lipinski definition) is 1. The van der Waals surface area contributed by atoms with Gasteiger partial charge in [-0.15, -0.1) is 0 Å². The maximum Gasteiger partial charge on any atom is 0.300 e. The fraction of sp³-hybridized carbons (Fsp3) is 0.290. The van der Waals surface area contributed by atoms with Crippen LogP contribution in [0.15, 0.2) is 78.4 Å². The minimum absolute atomic E-state index is 0.0492. The van der Waals surface area contributed by atoms with Crippen molar-refractivity contribution in [2.24, 2.45) is 0 Å². The van der Waals surface area contributed by atoms with Gasteiger partial charge in [-0.25, -0.2) is 0 Å². The second kappa shape index (κ2) is 9.25. The molecule has 1 saturated heterocycles. The highest BCUT2D eigenvalue weighted by Crippen LogP contribution is 2.43. The van der Waals surface area contributed by atoms with Crippen LogP contribution in [0.5, 0.6) is 0 Å². The Morgan fingerprint density at radius 1 is 0.750 bits per heavy atom. The summed E-state index contributed by atoms with van der Waals surface area (Å²) in [5.74, 6) is -1.60. The van der Waals surface area contributed by atoms with Gasteiger partial charge in [0, 0.05) is 16.3 Å². The lowest BCUT2D eigenvalue weighted by molar-refractivity contribution is -0.132. The first kappa shape index (κ1) is 25.7. The molecule has 0 aliphatic carbocycles. The van der Waals surface area contributed by atoms with E-state index >= 15 is 0 Å². The summed E-state index contributed by atoms with van der Waals surface area (Å²) in [5.41, 5.74) is 3.99. The molecule has 186 valence electrons. The number of aliphatic hydroxyl groups excluding tert-OH is 1. The number of halogens is 1. The summed E-state index contributed by atoms with van der Waals surface area (Å²) in [7, 11) is 0. The smallest absolute Gasteiger partial charge is 0.300 e. The van der Waals surface area contributed by atoms with E-state index in [2.05, 4.69) is 41.5 Å². The Bertz CT molecular complexity index is 1320. The zero-order valence-corrected chi connectivity index (χ0v) is 22.4. The van der Waals surface area contributed by atoms with E-state index in [1.807, 2.05) is 48.5 Å². The van der Waals surface area contributed by atoms with Crippen LogP contribution in [0.2, 0.25) is 5.02 Å². The number of Topliss-reactive ketones (excluding diaryl/α,β-unsaturated/α-hetero) is 1. The summed E-state index contributed by atoms with van der Waals surface area (Å²) in [5, 5.41) is 11.8. The van der Waals surface area contributed by atoms with Gasteiger partial charge in [-0.05, 0) is 63.9 Å². The van der Waals surface area contributed by atoms with E-state index in [9.17, 15) is 14.7 Å². The number of ketones is 1. The number of nitrogens with zero attached hydrogens (tertiary/aromatic N) is 1. The molecule has 1 fully saturated rings. The van der Waals surface area contributed by atoms with Crippen LogP contribution in [0, 0.1) is 0 Å². The van der Waals surface area contributed by atoms with Gasteiger partial charge in [0.2, 0.25) is 0 Å². The number of carbonyl (C=O) groups excluding carboxylic acids is 2. The summed E-state index contributed by atoms with van der Waals surface area (Å²) in [6, 6.07) is 21.4. The van der Waals surface area contributed by atoms with Crippen molar-refractivity contribution < 1.29 is 14.7 Å². The molecule has 4 nitrogen and oxygen atoms in total. The molecule has 1 aliphatic heterocycles. The number of anilines is 1. The summed E-state index contributed by atoms with van der Waals surface area (Å²) in [6.45, 7) is 12.8. The van der Waals surface area contributed by atoms with Crippen LogP contribution in [-0.4, -0.2) is 16.8 Å². The van der Waals surface area contributed by atoms with E-state index in [-0.39, 0.29) is 22.2 Å². The van der Waals surface area contributed by atoms with E-state index in [0.717, 1.165) is 16.7 Å². The molecule has 1 amide bonds. The second-order valence-electron chi connectivity index (χ2n) is 11.3. The molecule has 1 aliphatic rings. The normalized spacial score (nSPS) is 18.1. The average molecular weight is 502 g/mol. The Morgan fingerprint density at radius 3 is 1.69 bits per heavy atom. The van der Waals surface area contributed by atoms with Crippen molar-refractivity contribution in [3.8, 4) is 0 Å². The van der Waals surface area contributed by atoms with Crippen LogP contribution in [0.4, 0.5) is 5.69 Å². The van der Waals surface area contributed by atoms with Gasteiger partial charge in [0.1, 0.15) is 5.76 Å². The lowest BCUT2D eigenvalue weighted by Gasteiger charge is -2.27. The molecular weight excluding hydrogens is 470 g/mol.